The molecule has 5 N–H and O–H groups in total. The van der Waals surface area contributed by atoms with E-state index < -0.39 is 23.6 Å². The van der Waals surface area contributed by atoms with E-state index in [1.807, 2.05) is 6.08 Å². The SMILES string of the molecule is CC(C)(C)CC[C@H](c1ccc(C(=O)NC/C(N)=N/N)cc1)N1C(=O)C(c2cc(F)cc(F)c2)=NC1=C=C=CC1(C)CC1. The van der Waals surface area contributed by atoms with Crippen LogP contribution < -0.4 is 16.9 Å². The molecule has 0 radical (unpaired) electrons. The molecule has 2 aromatic rings. The molecule has 42 heavy (non-hydrogen) atoms. The Bertz CT molecular complexity index is 1520. The number of carbonyl (C=O) groups is 2. The fraction of sp³-hybridized carbons (Fsp3) is 0.375. The van der Waals surface area contributed by atoms with Crippen LogP contribution in [0.1, 0.15) is 80.9 Å². The average Bonchev–Trinajstić information content (AvgIpc) is 3.58. The summed E-state index contributed by atoms with van der Waals surface area (Å²) in [6.45, 7) is 8.42. The maximum Gasteiger partial charge on any atom is 0.279 e. The van der Waals surface area contributed by atoms with Crippen LogP contribution in [0.3, 0.4) is 0 Å². The van der Waals surface area contributed by atoms with E-state index in [0.29, 0.717) is 12.0 Å². The predicted octanol–water partition coefficient (Wildman–Crippen LogP) is 5.08. The molecular formula is C32H36F2N6O2. The van der Waals surface area contributed by atoms with Crippen LogP contribution in [0, 0.1) is 22.5 Å². The summed E-state index contributed by atoms with van der Waals surface area (Å²) in [6, 6.07) is 9.28. The van der Waals surface area contributed by atoms with Crippen LogP contribution >= 0.6 is 0 Å². The van der Waals surface area contributed by atoms with E-state index in [4.69, 9.17) is 11.6 Å². The number of amidine groups is 1. The number of nitrogens with one attached hydrogen (secondary N) is 1. The Labute approximate surface area is 244 Å². The summed E-state index contributed by atoms with van der Waals surface area (Å²) in [7, 11) is 0. The van der Waals surface area contributed by atoms with E-state index in [1.165, 1.54) is 4.90 Å². The average molecular weight is 575 g/mol. The highest BCUT2D eigenvalue weighted by atomic mass is 19.1. The van der Waals surface area contributed by atoms with Crippen molar-refractivity contribution in [2.24, 2.45) is 32.5 Å². The molecule has 2 aromatic carbocycles. The number of benzene rings is 2. The molecule has 10 heteroatoms. The van der Waals surface area contributed by atoms with Crippen molar-refractivity contribution < 1.29 is 18.4 Å². The summed E-state index contributed by atoms with van der Waals surface area (Å²) in [4.78, 5) is 32.6. The Balaban J connectivity index is 1.76. The third kappa shape index (κ3) is 7.60. The van der Waals surface area contributed by atoms with Gasteiger partial charge in [-0.1, -0.05) is 45.6 Å². The van der Waals surface area contributed by atoms with Gasteiger partial charge in [-0.15, -0.1) is 0 Å². The zero-order valence-corrected chi connectivity index (χ0v) is 24.3. The van der Waals surface area contributed by atoms with Gasteiger partial charge in [-0.2, -0.15) is 5.10 Å². The van der Waals surface area contributed by atoms with Crippen LogP contribution in [-0.4, -0.2) is 34.8 Å². The molecule has 2 aliphatic rings. The van der Waals surface area contributed by atoms with Gasteiger partial charge in [-0.3, -0.25) is 14.5 Å². The quantitative estimate of drug-likeness (QED) is 0.127. The highest BCUT2D eigenvalue weighted by Gasteiger charge is 2.38. The summed E-state index contributed by atoms with van der Waals surface area (Å²) >= 11 is 0. The van der Waals surface area contributed by atoms with Gasteiger partial charge in [0.05, 0.1) is 12.6 Å². The standard InChI is InChI=1S/C32H36F2N6O2/c1-31(2,3)13-11-25(20-7-9-21(10-8-20)29(41)37-19-26(35)39-36)40-27(6-5-12-32(4)14-15-32)38-28(30(40)42)22-16-23(33)18-24(34)17-22/h7-10,12,16-18,25H,11,13-15,19,36H2,1-4H3,(H2,35,39)(H,37,41)/t25-/m1/s1. The van der Waals surface area contributed by atoms with Crippen LogP contribution in [0.2, 0.25) is 0 Å². The first kappa shape index (κ1) is 30.4. The molecule has 1 saturated carbocycles. The van der Waals surface area contributed by atoms with Crippen LogP contribution in [-0.2, 0) is 4.79 Å². The molecule has 1 aliphatic carbocycles. The molecule has 4 rings (SSSR count). The molecule has 0 aromatic heterocycles. The van der Waals surface area contributed by atoms with E-state index in [2.05, 4.69) is 54.6 Å². The summed E-state index contributed by atoms with van der Waals surface area (Å²) in [5.41, 5.74) is 12.8. The van der Waals surface area contributed by atoms with E-state index in [9.17, 15) is 18.4 Å². The van der Waals surface area contributed by atoms with E-state index in [-0.39, 0.29) is 46.2 Å². The van der Waals surface area contributed by atoms with E-state index in [1.54, 1.807) is 24.3 Å². The lowest BCUT2D eigenvalue weighted by Gasteiger charge is -2.30. The number of carbonyl (C=O) groups excluding carboxylic acids is 2. The Morgan fingerprint density at radius 3 is 2.40 bits per heavy atom. The second-order valence-electron chi connectivity index (χ2n) is 12.2. The molecule has 0 unspecified atom stereocenters. The van der Waals surface area contributed by atoms with Gasteiger partial charge in [0.2, 0.25) is 0 Å². The van der Waals surface area contributed by atoms with Crippen LogP contribution in [0.25, 0.3) is 0 Å². The Kier molecular flexibility index (Phi) is 8.81. The minimum absolute atomic E-state index is 0.00140. The van der Waals surface area contributed by atoms with Gasteiger partial charge in [0.15, 0.2) is 5.82 Å². The Morgan fingerprint density at radius 1 is 1.19 bits per heavy atom. The molecule has 1 fully saturated rings. The van der Waals surface area contributed by atoms with Crippen molar-refractivity contribution in [1.29, 1.82) is 0 Å². The van der Waals surface area contributed by atoms with Crippen LogP contribution in [0.5, 0.6) is 0 Å². The number of halogens is 2. The second-order valence-corrected chi connectivity index (χ2v) is 12.2. The van der Waals surface area contributed by atoms with Crippen LogP contribution in [0.4, 0.5) is 8.78 Å². The maximum absolute atomic E-state index is 14.1. The predicted molar refractivity (Wildman–Crippen MR) is 158 cm³/mol. The summed E-state index contributed by atoms with van der Waals surface area (Å²) in [6.07, 6.45) is 5.29. The fourth-order valence-electron chi connectivity index (χ4n) is 4.48. The summed E-state index contributed by atoms with van der Waals surface area (Å²) < 4.78 is 28.3. The number of aliphatic imine (C=N–C) groups is 1. The minimum Gasteiger partial charge on any atom is -0.384 e. The summed E-state index contributed by atoms with van der Waals surface area (Å²) in [5.74, 6) is 2.94. The smallest absolute Gasteiger partial charge is 0.279 e. The van der Waals surface area contributed by atoms with Crippen LogP contribution in [0.15, 0.2) is 75.9 Å². The van der Waals surface area contributed by atoms with Gasteiger partial charge in [-0.05, 0) is 78.1 Å². The molecule has 2 amide bonds. The zero-order valence-electron chi connectivity index (χ0n) is 24.3. The maximum atomic E-state index is 14.1. The first-order chi connectivity index (χ1) is 19.8. The van der Waals surface area contributed by atoms with Crippen molar-refractivity contribution >= 4 is 23.4 Å². The van der Waals surface area contributed by atoms with Crippen molar-refractivity contribution in [3.05, 3.63) is 94.1 Å². The second kappa shape index (κ2) is 12.1. The molecule has 0 saturated heterocycles. The van der Waals surface area contributed by atoms with Gasteiger partial charge >= 0.3 is 0 Å². The first-order valence-corrected chi connectivity index (χ1v) is 13.8. The van der Waals surface area contributed by atoms with Crippen molar-refractivity contribution in [2.75, 3.05) is 6.54 Å². The normalized spacial score (nSPS) is 16.9. The number of rotatable bonds is 9. The van der Waals surface area contributed by atoms with Gasteiger partial charge in [0, 0.05) is 17.2 Å². The number of hydrogen-bond acceptors (Lipinski definition) is 5. The van der Waals surface area contributed by atoms with Crippen molar-refractivity contribution in [3.8, 4) is 0 Å². The molecule has 1 aliphatic heterocycles. The number of amides is 2. The minimum atomic E-state index is -0.806. The van der Waals surface area contributed by atoms with E-state index in [0.717, 1.165) is 43.0 Å². The molecule has 8 nitrogen and oxygen atoms in total. The third-order valence-electron chi connectivity index (χ3n) is 7.28. The number of hydrazone groups is 1. The molecule has 1 atom stereocenters. The zero-order chi connectivity index (χ0) is 30.7. The van der Waals surface area contributed by atoms with Crippen molar-refractivity contribution in [1.82, 2.24) is 10.2 Å². The van der Waals surface area contributed by atoms with Gasteiger partial charge in [-0.25, -0.2) is 13.8 Å². The molecular weight excluding hydrogens is 538 g/mol. The first-order valence-electron chi connectivity index (χ1n) is 13.8. The highest BCUT2D eigenvalue weighted by molar-refractivity contribution is 6.47. The number of nitrogens with two attached hydrogens (primary N) is 2. The topological polar surface area (TPSA) is 126 Å². The largest absolute Gasteiger partial charge is 0.384 e. The number of nitrogens with zero attached hydrogens (tertiary/aromatic N) is 3. The van der Waals surface area contributed by atoms with Gasteiger partial charge in [0.1, 0.15) is 23.2 Å². The number of allylic oxidation sites excluding steroid dienone is 1. The monoisotopic (exact) mass is 574 g/mol. The molecule has 0 spiro atoms. The molecule has 1 heterocycles. The summed E-state index contributed by atoms with van der Waals surface area (Å²) in [5, 5.41) is 5.98. The molecule has 220 valence electrons. The third-order valence-corrected chi connectivity index (χ3v) is 7.28. The lowest BCUT2D eigenvalue weighted by molar-refractivity contribution is -0.123. The highest BCUT2D eigenvalue weighted by Crippen LogP contribution is 2.46. The lowest BCUT2D eigenvalue weighted by atomic mass is 9.86. The lowest BCUT2D eigenvalue weighted by Crippen LogP contribution is -2.35. The number of hydrogen-bond donors (Lipinski definition) is 3. The van der Waals surface area contributed by atoms with Crippen molar-refractivity contribution in [3.63, 3.8) is 0 Å². The fourth-order valence-corrected chi connectivity index (χ4v) is 4.48. The van der Waals surface area contributed by atoms with Gasteiger partial charge < -0.3 is 16.9 Å². The Hall–Kier alpha value is -4.52. The van der Waals surface area contributed by atoms with E-state index >= 15 is 0 Å². The Morgan fingerprint density at radius 2 is 1.83 bits per heavy atom. The molecule has 0 bridgehead atoms. The van der Waals surface area contributed by atoms with Crippen molar-refractivity contribution in [2.45, 2.75) is 59.4 Å². The van der Waals surface area contributed by atoms with Gasteiger partial charge in [0.25, 0.3) is 11.8 Å².